The molecular formula is C16H29N3O5. The molecule has 2 fully saturated rings. The second kappa shape index (κ2) is 8.13. The zero-order valence-electron chi connectivity index (χ0n) is 14.9. The summed E-state index contributed by atoms with van der Waals surface area (Å²) in [7, 11) is 0. The van der Waals surface area contributed by atoms with Crippen LogP contribution < -0.4 is 0 Å². The Morgan fingerprint density at radius 3 is 2.42 bits per heavy atom. The minimum Gasteiger partial charge on any atom is -0.480 e. The summed E-state index contributed by atoms with van der Waals surface area (Å²) in [5.41, 5.74) is -0.533. The van der Waals surface area contributed by atoms with Gasteiger partial charge in [-0.25, -0.2) is 4.79 Å². The molecule has 138 valence electrons. The van der Waals surface area contributed by atoms with Crippen LogP contribution >= 0.6 is 0 Å². The lowest BCUT2D eigenvalue weighted by atomic mass is 10.1. The highest BCUT2D eigenvalue weighted by Crippen LogP contribution is 2.16. The van der Waals surface area contributed by atoms with Crippen molar-refractivity contribution in [2.75, 3.05) is 59.0 Å². The summed E-state index contributed by atoms with van der Waals surface area (Å²) in [6.07, 6.45) is -0.329. The Kier molecular flexibility index (Phi) is 6.42. The quantitative estimate of drug-likeness (QED) is 0.787. The van der Waals surface area contributed by atoms with Crippen molar-refractivity contribution in [1.29, 1.82) is 0 Å². The first-order chi connectivity index (χ1) is 11.2. The van der Waals surface area contributed by atoms with E-state index in [0.29, 0.717) is 32.8 Å². The van der Waals surface area contributed by atoms with Gasteiger partial charge >= 0.3 is 12.1 Å². The number of morpholine rings is 1. The zero-order chi connectivity index (χ0) is 17.7. The molecule has 1 N–H and O–H groups in total. The Morgan fingerprint density at radius 1 is 1.17 bits per heavy atom. The first kappa shape index (κ1) is 19.0. The van der Waals surface area contributed by atoms with Gasteiger partial charge in [0.15, 0.2) is 0 Å². The van der Waals surface area contributed by atoms with Crippen LogP contribution in [0.25, 0.3) is 0 Å². The smallest absolute Gasteiger partial charge is 0.410 e. The minimum absolute atomic E-state index is 0.00281. The molecule has 0 aromatic rings. The van der Waals surface area contributed by atoms with E-state index in [-0.39, 0.29) is 18.7 Å². The Balaban J connectivity index is 1.98. The van der Waals surface area contributed by atoms with E-state index in [2.05, 4.69) is 4.90 Å². The second-order valence-electron chi connectivity index (χ2n) is 7.36. The summed E-state index contributed by atoms with van der Waals surface area (Å²) in [4.78, 5) is 29.3. The number of hydrogen-bond acceptors (Lipinski definition) is 6. The van der Waals surface area contributed by atoms with Gasteiger partial charge in [-0.15, -0.1) is 0 Å². The molecule has 0 aromatic carbocycles. The number of carbonyl (C=O) groups excluding carboxylic acids is 1. The molecule has 1 unspecified atom stereocenters. The van der Waals surface area contributed by atoms with Crippen LogP contribution in [0.3, 0.4) is 0 Å². The summed E-state index contributed by atoms with van der Waals surface area (Å²) >= 11 is 0. The Labute approximate surface area is 143 Å². The van der Waals surface area contributed by atoms with Crippen molar-refractivity contribution in [3.63, 3.8) is 0 Å². The Morgan fingerprint density at radius 2 is 1.83 bits per heavy atom. The van der Waals surface area contributed by atoms with E-state index in [0.717, 1.165) is 19.6 Å². The largest absolute Gasteiger partial charge is 0.480 e. The molecule has 24 heavy (non-hydrogen) atoms. The molecular weight excluding hydrogens is 314 g/mol. The number of amides is 1. The van der Waals surface area contributed by atoms with Crippen LogP contribution in [0.4, 0.5) is 4.79 Å². The number of aliphatic carboxylic acids is 1. The first-order valence-corrected chi connectivity index (χ1v) is 8.48. The van der Waals surface area contributed by atoms with Crippen LogP contribution in [-0.4, -0.2) is 103 Å². The van der Waals surface area contributed by atoms with Gasteiger partial charge in [-0.3, -0.25) is 14.6 Å². The standard InChI is InChI=1S/C16H29N3O5/c1-16(2,3)24-15(22)19-5-4-18(12-14(20)21)13(11-19)10-17-6-8-23-9-7-17/h13H,4-12H2,1-3H3,(H,20,21). The molecule has 8 heteroatoms. The van der Waals surface area contributed by atoms with Gasteiger partial charge in [0, 0.05) is 45.3 Å². The number of nitrogens with zero attached hydrogens (tertiary/aromatic N) is 3. The highest BCUT2D eigenvalue weighted by Gasteiger charge is 2.34. The lowest BCUT2D eigenvalue weighted by Crippen LogP contribution is -2.60. The summed E-state index contributed by atoms with van der Waals surface area (Å²) in [5, 5.41) is 9.14. The predicted molar refractivity (Wildman–Crippen MR) is 88.1 cm³/mol. The normalized spacial score (nSPS) is 24.0. The van der Waals surface area contributed by atoms with Gasteiger partial charge in [-0.1, -0.05) is 0 Å². The van der Waals surface area contributed by atoms with E-state index in [1.807, 2.05) is 25.7 Å². The molecule has 1 atom stereocenters. The van der Waals surface area contributed by atoms with Crippen molar-refractivity contribution in [3.05, 3.63) is 0 Å². The number of hydrogen-bond donors (Lipinski definition) is 1. The molecule has 0 radical (unpaired) electrons. The molecule has 0 aliphatic carbocycles. The van der Waals surface area contributed by atoms with Crippen LogP contribution in [0.2, 0.25) is 0 Å². The fraction of sp³-hybridized carbons (Fsp3) is 0.875. The SMILES string of the molecule is CC(C)(C)OC(=O)N1CCN(CC(=O)O)C(CN2CCOCC2)C1. The third-order valence-corrected chi connectivity index (χ3v) is 4.17. The average Bonchev–Trinajstić information content (AvgIpc) is 2.48. The van der Waals surface area contributed by atoms with Crippen molar-refractivity contribution in [2.24, 2.45) is 0 Å². The summed E-state index contributed by atoms with van der Waals surface area (Å²) < 4.78 is 10.8. The molecule has 0 bridgehead atoms. The average molecular weight is 343 g/mol. The van der Waals surface area contributed by atoms with E-state index >= 15 is 0 Å². The lowest BCUT2D eigenvalue weighted by molar-refractivity contribution is -0.139. The van der Waals surface area contributed by atoms with Crippen LogP contribution in [0, 0.1) is 0 Å². The maximum Gasteiger partial charge on any atom is 0.410 e. The van der Waals surface area contributed by atoms with Crippen LogP contribution in [-0.2, 0) is 14.3 Å². The van der Waals surface area contributed by atoms with Crippen molar-refractivity contribution in [1.82, 2.24) is 14.7 Å². The number of piperazine rings is 1. The number of carboxylic acids is 1. The minimum atomic E-state index is -0.840. The molecule has 8 nitrogen and oxygen atoms in total. The molecule has 2 saturated heterocycles. The van der Waals surface area contributed by atoms with Gasteiger partial charge in [-0.05, 0) is 20.8 Å². The van der Waals surface area contributed by atoms with E-state index in [9.17, 15) is 9.59 Å². The monoisotopic (exact) mass is 343 g/mol. The summed E-state index contributed by atoms with van der Waals surface area (Å²) in [5.74, 6) is -0.840. The second-order valence-corrected chi connectivity index (χ2v) is 7.36. The maximum atomic E-state index is 12.3. The van der Waals surface area contributed by atoms with E-state index < -0.39 is 11.6 Å². The topological polar surface area (TPSA) is 82.5 Å². The van der Waals surface area contributed by atoms with Gasteiger partial charge in [0.2, 0.25) is 0 Å². The van der Waals surface area contributed by atoms with Crippen molar-refractivity contribution in [2.45, 2.75) is 32.4 Å². The zero-order valence-corrected chi connectivity index (χ0v) is 14.9. The number of carbonyl (C=O) groups is 2. The van der Waals surface area contributed by atoms with E-state index in [1.54, 1.807) is 4.90 Å². The Bertz CT molecular complexity index is 445. The molecule has 2 heterocycles. The highest BCUT2D eigenvalue weighted by molar-refractivity contribution is 5.70. The summed E-state index contributed by atoms with van der Waals surface area (Å²) in [6.45, 7) is 10.8. The molecule has 2 aliphatic rings. The Hall–Kier alpha value is -1.38. The lowest BCUT2D eigenvalue weighted by Gasteiger charge is -2.43. The van der Waals surface area contributed by atoms with Crippen LogP contribution in [0.15, 0.2) is 0 Å². The number of ether oxygens (including phenoxy) is 2. The highest BCUT2D eigenvalue weighted by atomic mass is 16.6. The molecule has 1 amide bonds. The molecule has 0 saturated carbocycles. The van der Waals surface area contributed by atoms with Crippen molar-refractivity contribution >= 4 is 12.1 Å². The fourth-order valence-corrected chi connectivity index (χ4v) is 3.02. The van der Waals surface area contributed by atoms with Crippen molar-refractivity contribution in [3.8, 4) is 0 Å². The van der Waals surface area contributed by atoms with Crippen LogP contribution in [0.1, 0.15) is 20.8 Å². The van der Waals surface area contributed by atoms with Gasteiger partial charge in [0.1, 0.15) is 5.60 Å². The van der Waals surface area contributed by atoms with Gasteiger partial charge in [-0.2, -0.15) is 0 Å². The van der Waals surface area contributed by atoms with Gasteiger partial charge < -0.3 is 19.5 Å². The van der Waals surface area contributed by atoms with E-state index in [1.165, 1.54) is 0 Å². The third-order valence-electron chi connectivity index (χ3n) is 4.17. The van der Waals surface area contributed by atoms with Gasteiger partial charge in [0.05, 0.1) is 19.8 Å². The predicted octanol–water partition coefficient (Wildman–Crippen LogP) is 0.325. The van der Waals surface area contributed by atoms with Crippen molar-refractivity contribution < 1.29 is 24.2 Å². The molecule has 0 spiro atoms. The molecule has 2 rings (SSSR count). The number of carboxylic acid groups (broad SMARTS) is 1. The number of rotatable bonds is 4. The van der Waals surface area contributed by atoms with Crippen LogP contribution in [0.5, 0.6) is 0 Å². The molecule has 0 aromatic heterocycles. The maximum absolute atomic E-state index is 12.3. The van der Waals surface area contributed by atoms with Gasteiger partial charge in [0.25, 0.3) is 0 Å². The van der Waals surface area contributed by atoms with E-state index in [4.69, 9.17) is 14.6 Å². The summed E-state index contributed by atoms with van der Waals surface area (Å²) in [6, 6.07) is -0.0135. The fourth-order valence-electron chi connectivity index (χ4n) is 3.02. The first-order valence-electron chi connectivity index (χ1n) is 8.48. The molecule has 2 aliphatic heterocycles. The third kappa shape index (κ3) is 5.92.